The Morgan fingerprint density at radius 1 is 1.22 bits per heavy atom. The van der Waals surface area contributed by atoms with Crippen molar-refractivity contribution >= 4 is 21.6 Å². The molecule has 94 valence electrons. The Kier molecular flexibility index (Phi) is 4.50. The summed E-state index contributed by atoms with van der Waals surface area (Å²) < 4.78 is 10.9. The first kappa shape index (κ1) is 12.8. The molecule has 0 saturated heterocycles. The standard InChI is InChI=1S/C11H7NOS.C3H8O/c1-2-4-8(5-3-1)10-11-9(13-12-10)6-7-14-11;1-3-4-2/h1-7H;3H2,1-2H3. The molecular weight excluding hydrogens is 246 g/mol. The van der Waals surface area contributed by atoms with Crippen molar-refractivity contribution < 1.29 is 9.26 Å². The van der Waals surface area contributed by atoms with E-state index in [4.69, 9.17) is 4.52 Å². The zero-order valence-corrected chi connectivity index (χ0v) is 11.2. The SMILES string of the molecule is CCOC.c1ccc(-c2noc3ccsc23)cc1. The average molecular weight is 261 g/mol. The number of benzene rings is 1. The van der Waals surface area contributed by atoms with Gasteiger partial charge in [-0.05, 0) is 18.4 Å². The molecule has 0 radical (unpaired) electrons. The van der Waals surface area contributed by atoms with Gasteiger partial charge in [-0.2, -0.15) is 0 Å². The normalized spacial score (nSPS) is 10.1. The molecule has 0 saturated carbocycles. The summed E-state index contributed by atoms with van der Waals surface area (Å²) in [6.07, 6.45) is 0. The predicted molar refractivity (Wildman–Crippen MR) is 74.9 cm³/mol. The molecule has 3 rings (SSSR count). The number of aromatic nitrogens is 1. The quantitative estimate of drug-likeness (QED) is 0.693. The topological polar surface area (TPSA) is 35.3 Å². The van der Waals surface area contributed by atoms with Gasteiger partial charge in [0.1, 0.15) is 10.4 Å². The van der Waals surface area contributed by atoms with Crippen molar-refractivity contribution in [2.75, 3.05) is 13.7 Å². The molecule has 0 aliphatic carbocycles. The third-order valence-electron chi connectivity index (χ3n) is 2.42. The minimum absolute atomic E-state index is 0.819. The van der Waals surface area contributed by atoms with Crippen molar-refractivity contribution in [1.82, 2.24) is 5.16 Å². The van der Waals surface area contributed by atoms with E-state index >= 15 is 0 Å². The highest BCUT2D eigenvalue weighted by Crippen LogP contribution is 2.31. The maximum atomic E-state index is 5.20. The predicted octanol–water partition coefficient (Wildman–Crippen LogP) is 4.21. The van der Waals surface area contributed by atoms with Gasteiger partial charge < -0.3 is 9.26 Å². The molecule has 3 aromatic rings. The Morgan fingerprint density at radius 2 is 1.94 bits per heavy atom. The van der Waals surface area contributed by atoms with Crippen LogP contribution >= 0.6 is 11.3 Å². The van der Waals surface area contributed by atoms with Crippen molar-refractivity contribution in [2.45, 2.75) is 6.92 Å². The number of rotatable bonds is 2. The summed E-state index contributed by atoms with van der Waals surface area (Å²) >= 11 is 1.66. The number of ether oxygens (including phenoxy) is 1. The summed E-state index contributed by atoms with van der Waals surface area (Å²) in [5.41, 5.74) is 2.91. The largest absolute Gasteiger partial charge is 0.385 e. The monoisotopic (exact) mass is 261 g/mol. The molecule has 0 atom stereocenters. The lowest BCUT2D eigenvalue weighted by Crippen LogP contribution is -1.74. The fourth-order valence-electron chi connectivity index (χ4n) is 1.46. The molecule has 2 heterocycles. The maximum absolute atomic E-state index is 5.20. The molecule has 0 aliphatic rings. The van der Waals surface area contributed by atoms with E-state index < -0.39 is 0 Å². The fourth-order valence-corrected chi connectivity index (χ4v) is 2.27. The molecule has 0 bridgehead atoms. The van der Waals surface area contributed by atoms with Gasteiger partial charge in [-0.3, -0.25) is 0 Å². The second-order valence-corrected chi connectivity index (χ2v) is 4.50. The molecule has 0 spiro atoms. The number of fused-ring (bicyclic) bond motifs is 1. The van der Waals surface area contributed by atoms with Crippen molar-refractivity contribution in [1.29, 1.82) is 0 Å². The van der Waals surface area contributed by atoms with Gasteiger partial charge in [0, 0.05) is 19.3 Å². The van der Waals surface area contributed by atoms with Crippen LogP contribution in [0.2, 0.25) is 0 Å². The van der Waals surface area contributed by atoms with Gasteiger partial charge in [-0.1, -0.05) is 35.5 Å². The van der Waals surface area contributed by atoms with Crippen molar-refractivity contribution in [2.24, 2.45) is 0 Å². The van der Waals surface area contributed by atoms with Gasteiger partial charge >= 0.3 is 0 Å². The lowest BCUT2D eigenvalue weighted by molar-refractivity contribution is 0.215. The Hall–Kier alpha value is -1.65. The molecule has 1 aromatic carbocycles. The maximum Gasteiger partial charge on any atom is 0.178 e. The summed E-state index contributed by atoms with van der Waals surface area (Å²) in [6, 6.07) is 12.0. The Labute approximate surface area is 110 Å². The Balaban J connectivity index is 0.000000267. The molecule has 0 fully saturated rings. The van der Waals surface area contributed by atoms with Crippen LogP contribution in [0.3, 0.4) is 0 Å². The van der Waals surface area contributed by atoms with E-state index in [1.165, 1.54) is 0 Å². The van der Waals surface area contributed by atoms with Gasteiger partial charge in [-0.15, -0.1) is 11.3 Å². The summed E-state index contributed by atoms with van der Waals surface area (Å²) in [5, 5.41) is 6.08. The van der Waals surface area contributed by atoms with E-state index in [0.29, 0.717) is 0 Å². The second kappa shape index (κ2) is 6.33. The van der Waals surface area contributed by atoms with Crippen LogP contribution in [0.1, 0.15) is 6.92 Å². The molecule has 2 aromatic heterocycles. The molecule has 0 amide bonds. The highest BCUT2D eigenvalue weighted by atomic mass is 32.1. The highest BCUT2D eigenvalue weighted by molar-refractivity contribution is 7.17. The van der Waals surface area contributed by atoms with E-state index in [9.17, 15) is 0 Å². The van der Waals surface area contributed by atoms with E-state index in [0.717, 1.165) is 28.1 Å². The van der Waals surface area contributed by atoms with Gasteiger partial charge in [0.25, 0.3) is 0 Å². The summed E-state index contributed by atoms with van der Waals surface area (Å²) in [4.78, 5) is 0. The molecule has 0 N–H and O–H groups in total. The van der Waals surface area contributed by atoms with Crippen molar-refractivity contribution in [3.05, 3.63) is 41.8 Å². The third kappa shape index (κ3) is 2.78. The molecule has 4 heteroatoms. The van der Waals surface area contributed by atoms with Gasteiger partial charge in [0.2, 0.25) is 0 Å². The van der Waals surface area contributed by atoms with E-state index in [1.807, 2.05) is 48.7 Å². The first-order valence-corrected chi connectivity index (χ1v) is 6.62. The van der Waals surface area contributed by atoms with Crippen molar-refractivity contribution in [3.63, 3.8) is 0 Å². The van der Waals surface area contributed by atoms with Crippen molar-refractivity contribution in [3.8, 4) is 11.3 Å². The summed E-state index contributed by atoms with van der Waals surface area (Å²) in [7, 11) is 1.68. The minimum Gasteiger partial charge on any atom is -0.385 e. The molecule has 3 nitrogen and oxygen atoms in total. The first-order chi connectivity index (χ1) is 8.86. The van der Waals surface area contributed by atoms with Crippen LogP contribution in [-0.4, -0.2) is 18.9 Å². The number of hydrogen-bond acceptors (Lipinski definition) is 4. The number of thiophene rings is 1. The van der Waals surface area contributed by atoms with E-state index in [2.05, 4.69) is 9.89 Å². The van der Waals surface area contributed by atoms with Gasteiger partial charge in [-0.25, -0.2) is 0 Å². The zero-order chi connectivity index (χ0) is 12.8. The van der Waals surface area contributed by atoms with Crippen LogP contribution in [0.25, 0.3) is 21.5 Å². The molecule has 0 aliphatic heterocycles. The van der Waals surface area contributed by atoms with Gasteiger partial charge in [0.15, 0.2) is 5.58 Å². The Morgan fingerprint density at radius 3 is 2.61 bits per heavy atom. The summed E-state index contributed by atoms with van der Waals surface area (Å²) in [5.74, 6) is 0. The van der Waals surface area contributed by atoms with Crippen LogP contribution in [0.5, 0.6) is 0 Å². The first-order valence-electron chi connectivity index (χ1n) is 5.74. The van der Waals surface area contributed by atoms with E-state index in [-0.39, 0.29) is 0 Å². The van der Waals surface area contributed by atoms with Crippen LogP contribution in [-0.2, 0) is 4.74 Å². The smallest absolute Gasteiger partial charge is 0.178 e. The third-order valence-corrected chi connectivity index (χ3v) is 3.32. The van der Waals surface area contributed by atoms with Crippen LogP contribution < -0.4 is 0 Å². The summed E-state index contributed by atoms with van der Waals surface area (Å²) in [6.45, 7) is 2.78. The fraction of sp³-hybridized carbons (Fsp3) is 0.214. The van der Waals surface area contributed by atoms with Crippen LogP contribution in [0.4, 0.5) is 0 Å². The lowest BCUT2D eigenvalue weighted by atomic mass is 10.1. The average Bonchev–Trinajstić information content (AvgIpc) is 3.02. The molecular formula is C14H15NO2S. The van der Waals surface area contributed by atoms with Crippen LogP contribution in [0.15, 0.2) is 46.3 Å². The molecule has 0 unspecified atom stereocenters. The highest BCUT2D eigenvalue weighted by Gasteiger charge is 2.10. The number of methoxy groups -OCH3 is 1. The molecule has 18 heavy (non-hydrogen) atoms. The van der Waals surface area contributed by atoms with Gasteiger partial charge in [0.05, 0.1) is 0 Å². The van der Waals surface area contributed by atoms with Crippen LogP contribution in [0, 0.1) is 0 Å². The Bertz CT molecular complexity index is 584. The zero-order valence-electron chi connectivity index (χ0n) is 10.4. The number of nitrogens with zero attached hydrogens (tertiary/aromatic N) is 1. The minimum atomic E-state index is 0.819. The number of hydrogen-bond donors (Lipinski definition) is 0. The second-order valence-electron chi connectivity index (χ2n) is 3.59. The lowest BCUT2D eigenvalue weighted by Gasteiger charge is -1.92. The van der Waals surface area contributed by atoms with E-state index in [1.54, 1.807) is 18.4 Å².